The van der Waals surface area contributed by atoms with E-state index in [1.54, 1.807) is 12.4 Å². The van der Waals surface area contributed by atoms with E-state index in [9.17, 15) is 13.2 Å². The third-order valence-electron chi connectivity index (χ3n) is 8.26. The monoisotopic (exact) mass is 508 g/mol. The maximum atomic E-state index is 13.6. The van der Waals surface area contributed by atoms with Gasteiger partial charge in [-0.05, 0) is 60.3 Å². The molecule has 1 fully saturated rings. The number of nitrogens with zero attached hydrogens (tertiary/aromatic N) is 2. The molecule has 0 saturated heterocycles. The van der Waals surface area contributed by atoms with E-state index in [1.165, 1.54) is 82.6 Å². The standard InChI is InChI=1S/C32H39F3N2/c1-3-5-6-8-12-26(11-4-2)32(17-9-7-10-18-32)27-15-13-23(14-16-27)25-21-36-31(37-22-25)24-19-28(33)30(35)29(34)20-24/h13-16,19-22,26H,3-12,17-18H2,1-2H3. The van der Waals surface area contributed by atoms with Crippen LogP contribution in [0.15, 0.2) is 48.8 Å². The first-order valence-electron chi connectivity index (χ1n) is 14.1. The first kappa shape index (κ1) is 27.3. The van der Waals surface area contributed by atoms with Crippen molar-refractivity contribution in [1.29, 1.82) is 0 Å². The van der Waals surface area contributed by atoms with E-state index in [0.717, 1.165) is 29.2 Å². The number of aromatic nitrogens is 2. The van der Waals surface area contributed by atoms with Crippen LogP contribution < -0.4 is 0 Å². The molecule has 1 aliphatic rings. The third-order valence-corrected chi connectivity index (χ3v) is 8.26. The summed E-state index contributed by atoms with van der Waals surface area (Å²) in [7, 11) is 0. The Labute approximate surface area is 219 Å². The van der Waals surface area contributed by atoms with Crippen LogP contribution >= 0.6 is 0 Å². The molecule has 1 saturated carbocycles. The fourth-order valence-electron chi connectivity index (χ4n) is 6.28. The highest BCUT2D eigenvalue weighted by Gasteiger charge is 2.40. The van der Waals surface area contributed by atoms with E-state index >= 15 is 0 Å². The predicted octanol–water partition coefficient (Wildman–Crippen LogP) is 9.82. The zero-order valence-corrected chi connectivity index (χ0v) is 22.2. The summed E-state index contributed by atoms with van der Waals surface area (Å²) in [5.41, 5.74) is 3.67. The van der Waals surface area contributed by atoms with Crippen LogP contribution in [0.1, 0.15) is 96.5 Å². The molecule has 37 heavy (non-hydrogen) atoms. The SMILES string of the molecule is CCCCCCC(CCC)C1(c2ccc(-c3cnc(-c4cc(F)c(F)c(F)c4)nc3)cc2)CCCCC1. The summed E-state index contributed by atoms with van der Waals surface area (Å²) in [4.78, 5) is 8.60. The van der Waals surface area contributed by atoms with Gasteiger partial charge in [0.05, 0.1) is 0 Å². The van der Waals surface area contributed by atoms with Crippen molar-refractivity contribution in [3.63, 3.8) is 0 Å². The van der Waals surface area contributed by atoms with Gasteiger partial charge in [-0.3, -0.25) is 0 Å². The second-order valence-corrected chi connectivity index (χ2v) is 10.7. The molecule has 1 aliphatic carbocycles. The molecule has 0 amide bonds. The van der Waals surface area contributed by atoms with E-state index in [4.69, 9.17) is 0 Å². The highest BCUT2D eigenvalue weighted by atomic mass is 19.2. The Hall–Kier alpha value is -2.69. The van der Waals surface area contributed by atoms with Gasteiger partial charge in [0.25, 0.3) is 0 Å². The van der Waals surface area contributed by atoms with Crippen molar-refractivity contribution in [3.8, 4) is 22.5 Å². The van der Waals surface area contributed by atoms with Crippen LogP contribution in [-0.4, -0.2) is 9.97 Å². The topological polar surface area (TPSA) is 25.8 Å². The Balaban J connectivity index is 1.56. The van der Waals surface area contributed by atoms with Crippen molar-refractivity contribution in [3.05, 3.63) is 71.8 Å². The lowest BCUT2D eigenvalue weighted by Gasteiger charge is -2.45. The fraction of sp³-hybridized carbons (Fsp3) is 0.500. The average Bonchev–Trinajstić information content (AvgIpc) is 2.94. The summed E-state index contributed by atoms with van der Waals surface area (Å²) in [5.74, 6) is -3.11. The lowest BCUT2D eigenvalue weighted by atomic mass is 9.59. The van der Waals surface area contributed by atoms with Gasteiger partial charge in [-0.1, -0.05) is 89.5 Å². The van der Waals surface area contributed by atoms with Crippen molar-refractivity contribution in [2.24, 2.45) is 5.92 Å². The highest BCUT2D eigenvalue weighted by Crippen LogP contribution is 2.49. The van der Waals surface area contributed by atoms with Crippen LogP contribution in [0.4, 0.5) is 13.2 Å². The first-order valence-corrected chi connectivity index (χ1v) is 14.1. The number of hydrogen-bond acceptors (Lipinski definition) is 2. The van der Waals surface area contributed by atoms with Crippen LogP contribution in [0.25, 0.3) is 22.5 Å². The molecular formula is C32H39F3N2. The van der Waals surface area contributed by atoms with Gasteiger partial charge in [-0.2, -0.15) is 0 Å². The minimum atomic E-state index is -1.49. The summed E-state index contributed by atoms with van der Waals surface area (Å²) >= 11 is 0. The second-order valence-electron chi connectivity index (χ2n) is 10.7. The van der Waals surface area contributed by atoms with Crippen molar-refractivity contribution in [2.45, 2.75) is 96.3 Å². The Bertz CT molecular complexity index is 1110. The Morgan fingerprint density at radius 3 is 1.97 bits per heavy atom. The van der Waals surface area contributed by atoms with Crippen LogP contribution in [0, 0.1) is 23.4 Å². The molecule has 1 unspecified atom stereocenters. The van der Waals surface area contributed by atoms with Gasteiger partial charge in [0.2, 0.25) is 0 Å². The molecule has 5 heteroatoms. The molecular weight excluding hydrogens is 469 g/mol. The maximum absolute atomic E-state index is 13.6. The molecule has 2 aromatic carbocycles. The number of benzene rings is 2. The summed E-state index contributed by atoms with van der Waals surface area (Å²) in [5, 5.41) is 0. The molecule has 0 bridgehead atoms. The molecule has 0 spiro atoms. The van der Waals surface area contributed by atoms with Crippen molar-refractivity contribution in [2.75, 3.05) is 0 Å². The van der Waals surface area contributed by atoms with Gasteiger partial charge in [-0.25, -0.2) is 23.1 Å². The lowest BCUT2D eigenvalue weighted by molar-refractivity contribution is 0.165. The van der Waals surface area contributed by atoms with E-state index in [2.05, 4.69) is 48.1 Å². The smallest absolute Gasteiger partial charge is 0.194 e. The van der Waals surface area contributed by atoms with Crippen molar-refractivity contribution in [1.82, 2.24) is 9.97 Å². The Morgan fingerprint density at radius 1 is 0.730 bits per heavy atom. The Morgan fingerprint density at radius 2 is 1.38 bits per heavy atom. The Kier molecular flexibility index (Phi) is 9.39. The van der Waals surface area contributed by atoms with E-state index in [1.807, 2.05) is 0 Å². The number of unbranched alkanes of at least 4 members (excludes halogenated alkanes) is 3. The quantitative estimate of drug-likeness (QED) is 0.190. The molecule has 1 atom stereocenters. The van der Waals surface area contributed by atoms with Crippen LogP contribution in [0.2, 0.25) is 0 Å². The molecule has 198 valence electrons. The van der Waals surface area contributed by atoms with Gasteiger partial charge in [0.15, 0.2) is 23.3 Å². The van der Waals surface area contributed by atoms with E-state index in [0.29, 0.717) is 0 Å². The fourth-order valence-corrected chi connectivity index (χ4v) is 6.28. The minimum Gasteiger partial charge on any atom is -0.236 e. The van der Waals surface area contributed by atoms with Gasteiger partial charge in [0.1, 0.15) is 0 Å². The molecule has 1 aromatic heterocycles. The molecule has 2 nitrogen and oxygen atoms in total. The van der Waals surface area contributed by atoms with E-state index in [-0.39, 0.29) is 16.8 Å². The zero-order valence-electron chi connectivity index (χ0n) is 22.2. The van der Waals surface area contributed by atoms with Gasteiger partial charge >= 0.3 is 0 Å². The minimum absolute atomic E-state index is 0.110. The van der Waals surface area contributed by atoms with Crippen molar-refractivity contribution >= 4 is 0 Å². The summed E-state index contributed by atoms with van der Waals surface area (Å²) in [6.45, 7) is 4.59. The number of rotatable bonds is 11. The molecule has 1 heterocycles. The van der Waals surface area contributed by atoms with Gasteiger partial charge in [-0.15, -0.1) is 0 Å². The normalized spacial score (nSPS) is 16.0. The number of halogens is 3. The van der Waals surface area contributed by atoms with Crippen molar-refractivity contribution < 1.29 is 13.2 Å². The van der Waals surface area contributed by atoms with Crippen LogP contribution in [0.5, 0.6) is 0 Å². The molecule has 4 rings (SSSR count). The molecule has 0 N–H and O–H groups in total. The largest absolute Gasteiger partial charge is 0.236 e. The highest BCUT2D eigenvalue weighted by molar-refractivity contribution is 5.64. The van der Waals surface area contributed by atoms with Gasteiger partial charge < -0.3 is 0 Å². The zero-order chi connectivity index (χ0) is 26.3. The molecule has 0 radical (unpaired) electrons. The third kappa shape index (κ3) is 6.25. The number of hydrogen-bond donors (Lipinski definition) is 0. The molecule has 3 aromatic rings. The van der Waals surface area contributed by atoms with Gasteiger partial charge in [0, 0.05) is 23.5 Å². The summed E-state index contributed by atoms with van der Waals surface area (Å²) in [6.07, 6.45) is 18.9. The maximum Gasteiger partial charge on any atom is 0.194 e. The van der Waals surface area contributed by atoms with Crippen LogP contribution in [0.3, 0.4) is 0 Å². The van der Waals surface area contributed by atoms with Crippen LogP contribution in [-0.2, 0) is 5.41 Å². The first-order chi connectivity index (χ1) is 18.0. The molecule has 0 aliphatic heterocycles. The lowest BCUT2D eigenvalue weighted by Crippen LogP contribution is -2.37. The summed E-state index contributed by atoms with van der Waals surface area (Å²) < 4.78 is 40.6. The second kappa shape index (κ2) is 12.7. The van der Waals surface area contributed by atoms with E-state index < -0.39 is 17.5 Å². The predicted molar refractivity (Wildman–Crippen MR) is 145 cm³/mol. The average molecular weight is 509 g/mol. The summed E-state index contributed by atoms with van der Waals surface area (Å²) in [6, 6.07) is 10.7.